The molecule has 3 aromatic rings. The lowest BCUT2D eigenvalue weighted by molar-refractivity contribution is -0.0500. The van der Waals surface area contributed by atoms with E-state index < -0.39 is 11.8 Å². The van der Waals surface area contributed by atoms with Gasteiger partial charge in [0.15, 0.2) is 0 Å². The Balaban J connectivity index is 1.59. The first-order valence-electron chi connectivity index (χ1n) is 7.57. The summed E-state index contributed by atoms with van der Waals surface area (Å²) in [5.41, 5.74) is 1.03. The lowest BCUT2D eigenvalue weighted by Gasteiger charge is -2.30. The Hall–Kier alpha value is -2.55. The number of nitrogens with zero attached hydrogens (tertiary/aromatic N) is 4. The van der Waals surface area contributed by atoms with Crippen LogP contribution in [-0.2, 0) is 0 Å². The van der Waals surface area contributed by atoms with Crippen LogP contribution in [-0.4, -0.2) is 49.9 Å². The van der Waals surface area contributed by atoms with Crippen molar-refractivity contribution in [1.82, 2.24) is 25.0 Å². The van der Waals surface area contributed by atoms with Gasteiger partial charge in [0, 0.05) is 43.7 Å². The van der Waals surface area contributed by atoms with Gasteiger partial charge in [0.1, 0.15) is 5.65 Å². The van der Waals surface area contributed by atoms with Gasteiger partial charge in [-0.1, -0.05) is 16.8 Å². The minimum Gasteiger partial charge on any atom is -0.346 e. The first-order valence-corrected chi connectivity index (χ1v) is 7.95. The highest BCUT2D eigenvalue weighted by molar-refractivity contribution is 6.37. The normalized spacial score (nSPS) is 17.2. The van der Waals surface area contributed by atoms with E-state index in [0.29, 0.717) is 21.6 Å². The van der Waals surface area contributed by atoms with Crippen molar-refractivity contribution >= 4 is 28.5 Å². The van der Waals surface area contributed by atoms with E-state index in [-0.39, 0.29) is 37.6 Å². The third kappa shape index (κ3) is 2.84. The van der Waals surface area contributed by atoms with Crippen LogP contribution in [0.5, 0.6) is 0 Å². The van der Waals surface area contributed by atoms with Gasteiger partial charge in [-0.15, -0.1) is 0 Å². The standard InChI is InChI=1S/C15H12ClF2N5O2/c16-10-8-1-4-19-11(8)20-7-9(10)12-21-13(25-22-12)14(24)23-5-2-15(17,18)3-6-23/h1,4,7H,2-3,5-6H2,(H,19,20). The Bertz CT molecular complexity index is 944. The van der Waals surface area contributed by atoms with E-state index in [1.165, 1.54) is 11.1 Å². The number of nitrogens with one attached hydrogen (secondary N) is 1. The van der Waals surface area contributed by atoms with Crippen molar-refractivity contribution in [2.24, 2.45) is 0 Å². The Morgan fingerprint density at radius 2 is 2.12 bits per heavy atom. The molecule has 1 amide bonds. The summed E-state index contributed by atoms with van der Waals surface area (Å²) in [6.45, 7) is -0.109. The van der Waals surface area contributed by atoms with Crippen molar-refractivity contribution < 1.29 is 18.1 Å². The maximum atomic E-state index is 13.2. The monoisotopic (exact) mass is 367 g/mol. The molecule has 0 bridgehead atoms. The molecule has 130 valence electrons. The van der Waals surface area contributed by atoms with Crippen molar-refractivity contribution in [3.63, 3.8) is 0 Å². The van der Waals surface area contributed by atoms with E-state index in [9.17, 15) is 13.6 Å². The molecule has 10 heteroatoms. The number of pyridine rings is 1. The van der Waals surface area contributed by atoms with Crippen LogP contribution in [0.4, 0.5) is 8.78 Å². The Morgan fingerprint density at radius 3 is 2.88 bits per heavy atom. The summed E-state index contributed by atoms with van der Waals surface area (Å²) in [5.74, 6) is -3.44. The van der Waals surface area contributed by atoms with E-state index in [1.54, 1.807) is 12.3 Å². The van der Waals surface area contributed by atoms with Crippen molar-refractivity contribution in [2.75, 3.05) is 13.1 Å². The number of aromatic amines is 1. The minimum atomic E-state index is -2.73. The summed E-state index contributed by atoms with van der Waals surface area (Å²) >= 11 is 6.33. The lowest BCUT2D eigenvalue weighted by Crippen LogP contribution is -2.42. The van der Waals surface area contributed by atoms with Gasteiger partial charge in [0.2, 0.25) is 5.82 Å². The van der Waals surface area contributed by atoms with E-state index in [4.69, 9.17) is 16.1 Å². The van der Waals surface area contributed by atoms with E-state index in [1.807, 2.05) is 0 Å². The van der Waals surface area contributed by atoms with Gasteiger partial charge in [0.25, 0.3) is 5.92 Å². The smallest absolute Gasteiger partial charge is 0.316 e. The maximum Gasteiger partial charge on any atom is 0.316 e. The Labute approximate surface area is 145 Å². The molecule has 4 heterocycles. The van der Waals surface area contributed by atoms with Gasteiger partial charge in [-0.2, -0.15) is 4.98 Å². The highest BCUT2D eigenvalue weighted by atomic mass is 35.5. The van der Waals surface area contributed by atoms with Crippen molar-refractivity contribution in [1.29, 1.82) is 0 Å². The second kappa shape index (κ2) is 5.76. The maximum absolute atomic E-state index is 13.2. The zero-order valence-electron chi connectivity index (χ0n) is 12.8. The number of fused-ring (bicyclic) bond motifs is 1. The van der Waals surface area contributed by atoms with Crippen LogP contribution in [0.3, 0.4) is 0 Å². The fourth-order valence-corrected chi connectivity index (χ4v) is 3.01. The lowest BCUT2D eigenvalue weighted by atomic mass is 10.1. The molecule has 1 N–H and O–H groups in total. The van der Waals surface area contributed by atoms with Gasteiger partial charge in [-0.05, 0) is 6.07 Å². The third-order valence-electron chi connectivity index (χ3n) is 4.15. The second-order valence-electron chi connectivity index (χ2n) is 5.80. The summed E-state index contributed by atoms with van der Waals surface area (Å²) in [6, 6.07) is 1.76. The van der Waals surface area contributed by atoms with Crippen LogP contribution in [0.15, 0.2) is 23.0 Å². The number of piperidine rings is 1. The molecular weight excluding hydrogens is 356 g/mol. The predicted octanol–water partition coefficient (Wildman–Crippen LogP) is 3.14. The number of amides is 1. The zero-order chi connectivity index (χ0) is 17.6. The molecule has 0 saturated carbocycles. The average Bonchev–Trinajstić information content (AvgIpc) is 3.24. The minimum absolute atomic E-state index is 0.0544. The number of H-pyrrole nitrogens is 1. The summed E-state index contributed by atoms with van der Waals surface area (Å²) in [7, 11) is 0. The van der Waals surface area contributed by atoms with Gasteiger partial charge >= 0.3 is 11.8 Å². The number of aromatic nitrogens is 4. The number of halogens is 3. The predicted molar refractivity (Wildman–Crippen MR) is 84.5 cm³/mol. The number of likely N-dealkylation sites (tertiary alicyclic amines) is 1. The summed E-state index contributed by atoms with van der Waals surface area (Å²) in [4.78, 5) is 24.8. The summed E-state index contributed by atoms with van der Waals surface area (Å²) in [6.07, 6.45) is 2.42. The number of rotatable bonds is 2. The average molecular weight is 368 g/mol. The van der Waals surface area contributed by atoms with Crippen molar-refractivity contribution in [2.45, 2.75) is 18.8 Å². The zero-order valence-corrected chi connectivity index (χ0v) is 13.6. The first kappa shape index (κ1) is 15.9. The molecular formula is C15H12ClF2N5O2. The van der Waals surface area contributed by atoms with Crippen LogP contribution >= 0.6 is 11.6 Å². The van der Waals surface area contributed by atoms with Crippen LogP contribution in [0, 0.1) is 0 Å². The van der Waals surface area contributed by atoms with Crippen molar-refractivity contribution in [3.8, 4) is 11.4 Å². The number of hydrogen-bond acceptors (Lipinski definition) is 5. The van der Waals surface area contributed by atoms with Gasteiger partial charge in [-0.25, -0.2) is 13.8 Å². The molecule has 3 aromatic heterocycles. The molecule has 25 heavy (non-hydrogen) atoms. The largest absolute Gasteiger partial charge is 0.346 e. The van der Waals surface area contributed by atoms with Gasteiger partial charge < -0.3 is 14.4 Å². The first-order chi connectivity index (χ1) is 11.9. The quantitative estimate of drug-likeness (QED) is 0.751. The third-order valence-corrected chi connectivity index (χ3v) is 4.56. The van der Waals surface area contributed by atoms with Crippen LogP contribution in [0.25, 0.3) is 22.4 Å². The van der Waals surface area contributed by atoms with E-state index >= 15 is 0 Å². The molecule has 0 spiro atoms. The van der Waals surface area contributed by atoms with E-state index in [0.717, 1.165) is 0 Å². The molecule has 0 unspecified atom stereocenters. The molecule has 1 saturated heterocycles. The van der Waals surface area contributed by atoms with Gasteiger partial charge in [0.05, 0.1) is 10.6 Å². The van der Waals surface area contributed by atoms with Crippen LogP contribution < -0.4 is 0 Å². The molecule has 1 aliphatic heterocycles. The molecule has 0 aliphatic carbocycles. The van der Waals surface area contributed by atoms with E-state index in [2.05, 4.69) is 20.1 Å². The fraction of sp³-hybridized carbons (Fsp3) is 0.333. The van der Waals surface area contributed by atoms with Crippen LogP contribution in [0.1, 0.15) is 23.5 Å². The Morgan fingerprint density at radius 1 is 1.36 bits per heavy atom. The molecule has 0 radical (unpaired) electrons. The summed E-state index contributed by atoms with van der Waals surface area (Å²) in [5, 5.41) is 4.83. The van der Waals surface area contributed by atoms with Crippen LogP contribution in [0.2, 0.25) is 5.02 Å². The number of hydrogen-bond donors (Lipinski definition) is 1. The fourth-order valence-electron chi connectivity index (χ4n) is 2.72. The van der Waals surface area contributed by atoms with Crippen molar-refractivity contribution in [3.05, 3.63) is 29.4 Å². The SMILES string of the molecule is O=C(c1nc(-c2cnc3[nH]ccc3c2Cl)no1)N1CCC(F)(F)CC1. The topological polar surface area (TPSA) is 87.9 Å². The second-order valence-corrected chi connectivity index (χ2v) is 6.18. The number of carbonyl (C=O) groups is 1. The molecule has 4 rings (SSSR count). The molecule has 7 nitrogen and oxygen atoms in total. The summed E-state index contributed by atoms with van der Waals surface area (Å²) < 4.78 is 31.4. The number of alkyl halides is 2. The number of carbonyl (C=O) groups excluding carboxylic acids is 1. The highest BCUT2D eigenvalue weighted by Crippen LogP contribution is 2.32. The molecule has 0 atom stereocenters. The van der Waals surface area contributed by atoms with Gasteiger partial charge in [-0.3, -0.25) is 4.79 Å². The molecule has 1 aliphatic rings. The highest BCUT2D eigenvalue weighted by Gasteiger charge is 2.37. The Kier molecular flexibility index (Phi) is 3.68. The molecule has 0 aromatic carbocycles. The molecule has 1 fully saturated rings.